The van der Waals surface area contributed by atoms with E-state index in [2.05, 4.69) is 5.32 Å². The Morgan fingerprint density at radius 1 is 1.24 bits per heavy atom. The Bertz CT molecular complexity index is 504. The third-order valence-electron chi connectivity index (χ3n) is 3.28. The molecule has 0 bridgehead atoms. The molecule has 0 aliphatic heterocycles. The normalized spacial score (nSPS) is 11.3. The van der Waals surface area contributed by atoms with Crippen molar-refractivity contribution in [1.82, 2.24) is 10.2 Å². The minimum Gasteiger partial charge on any atom is -0.346 e. The Hall–Kier alpha value is -2.35. The first kappa shape index (κ1) is 16.7. The number of carbonyl (C=O) groups is 2. The van der Waals surface area contributed by atoms with Crippen molar-refractivity contribution in [2.45, 2.75) is 20.3 Å². The van der Waals surface area contributed by atoms with Crippen LogP contribution in [0.4, 0.5) is 0 Å². The summed E-state index contributed by atoms with van der Waals surface area (Å²) in [7, 11) is 0. The van der Waals surface area contributed by atoms with Gasteiger partial charge in [-0.1, -0.05) is 30.3 Å². The molecule has 0 spiro atoms. The van der Waals surface area contributed by atoms with Gasteiger partial charge >= 0.3 is 0 Å². The average molecular weight is 287 g/mol. The monoisotopic (exact) mass is 287 g/mol. The second-order valence-corrected chi connectivity index (χ2v) is 4.66. The molecule has 0 aromatic heterocycles. The number of rotatable bonds is 7. The molecule has 5 nitrogen and oxygen atoms in total. The first-order valence-corrected chi connectivity index (χ1v) is 7.11. The van der Waals surface area contributed by atoms with Gasteiger partial charge in [0.05, 0.1) is 12.6 Å². The van der Waals surface area contributed by atoms with E-state index < -0.39 is 11.8 Å². The Balaban J connectivity index is 2.53. The predicted octanol–water partition coefficient (Wildman–Crippen LogP) is 1.35. The predicted molar refractivity (Wildman–Crippen MR) is 80.2 cm³/mol. The lowest BCUT2D eigenvalue weighted by molar-refractivity contribution is -0.133. The van der Waals surface area contributed by atoms with Crippen LogP contribution in [0.25, 0.3) is 0 Å². The zero-order valence-corrected chi connectivity index (χ0v) is 12.5. The van der Waals surface area contributed by atoms with Gasteiger partial charge in [-0.05, 0) is 25.8 Å². The second kappa shape index (κ2) is 8.75. The van der Waals surface area contributed by atoms with Crippen molar-refractivity contribution < 1.29 is 9.59 Å². The summed E-state index contributed by atoms with van der Waals surface area (Å²) in [5.41, 5.74) is 0.925. The molecule has 2 amide bonds. The standard InChI is InChI=1S/C16H21N3O2/c1-3-19(4-2)15(20)12-18-16(21)14(11-17)10-13-8-6-5-7-9-13/h5-9,14H,3-4,10,12H2,1-2H3,(H,18,21). The number of hydrogen-bond donors (Lipinski definition) is 1. The van der Waals surface area contributed by atoms with Gasteiger partial charge < -0.3 is 10.2 Å². The van der Waals surface area contributed by atoms with Gasteiger partial charge in [0.1, 0.15) is 5.92 Å². The fourth-order valence-electron chi connectivity index (χ4n) is 2.02. The third-order valence-corrected chi connectivity index (χ3v) is 3.28. The minimum absolute atomic E-state index is 0.0620. The van der Waals surface area contributed by atoms with Gasteiger partial charge in [-0.15, -0.1) is 0 Å². The van der Waals surface area contributed by atoms with Crippen molar-refractivity contribution in [1.29, 1.82) is 5.26 Å². The molecule has 0 aliphatic rings. The van der Waals surface area contributed by atoms with E-state index in [4.69, 9.17) is 5.26 Å². The van der Waals surface area contributed by atoms with Crippen LogP contribution in [0.3, 0.4) is 0 Å². The number of likely N-dealkylation sites (N-methyl/N-ethyl adjacent to an activating group) is 1. The molecule has 0 saturated carbocycles. The molecule has 1 unspecified atom stereocenters. The zero-order valence-electron chi connectivity index (χ0n) is 12.5. The third kappa shape index (κ3) is 5.27. The number of benzene rings is 1. The van der Waals surface area contributed by atoms with E-state index in [1.165, 1.54) is 0 Å². The van der Waals surface area contributed by atoms with Crippen LogP contribution in [0.5, 0.6) is 0 Å². The van der Waals surface area contributed by atoms with E-state index in [1.54, 1.807) is 4.90 Å². The maximum absolute atomic E-state index is 12.0. The summed E-state index contributed by atoms with van der Waals surface area (Å²) < 4.78 is 0. The van der Waals surface area contributed by atoms with E-state index in [0.717, 1.165) is 5.56 Å². The minimum atomic E-state index is -0.781. The summed E-state index contributed by atoms with van der Waals surface area (Å²) in [6.07, 6.45) is 0.350. The lowest BCUT2D eigenvalue weighted by Gasteiger charge is -2.19. The van der Waals surface area contributed by atoms with Crippen molar-refractivity contribution in [3.63, 3.8) is 0 Å². The van der Waals surface area contributed by atoms with Crippen molar-refractivity contribution in [3.05, 3.63) is 35.9 Å². The van der Waals surface area contributed by atoms with E-state index in [9.17, 15) is 9.59 Å². The number of nitriles is 1. The number of amides is 2. The van der Waals surface area contributed by atoms with Crippen LogP contribution in [0.15, 0.2) is 30.3 Å². The number of nitrogens with one attached hydrogen (secondary N) is 1. The largest absolute Gasteiger partial charge is 0.346 e. The fraction of sp³-hybridized carbons (Fsp3) is 0.438. The molecule has 0 heterocycles. The highest BCUT2D eigenvalue weighted by atomic mass is 16.2. The molecule has 112 valence electrons. The van der Waals surface area contributed by atoms with Gasteiger partial charge in [-0.2, -0.15) is 5.26 Å². The zero-order chi connectivity index (χ0) is 15.7. The van der Waals surface area contributed by atoms with Crippen LogP contribution < -0.4 is 5.32 Å². The highest BCUT2D eigenvalue weighted by Crippen LogP contribution is 2.08. The first-order chi connectivity index (χ1) is 10.1. The summed E-state index contributed by atoms with van der Waals surface area (Å²) in [5, 5.41) is 11.7. The maximum atomic E-state index is 12.0. The second-order valence-electron chi connectivity index (χ2n) is 4.66. The van der Waals surface area contributed by atoms with Crippen LogP contribution in [0.1, 0.15) is 19.4 Å². The van der Waals surface area contributed by atoms with Crippen molar-refractivity contribution in [3.8, 4) is 6.07 Å². The summed E-state index contributed by atoms with van der Waals surface area (Å²) in [6.45, 7) is 4.93. The quantitative estimate of drug-likeness (QED) is 0.822. The van der Waals surface area contributed by atoms with Crippen molar-refractivity contribution in [2.24, 2.45) is 5.92 Å². The lowest BCUT2D eigenvalue weighted by Crippen LogP contribution is -2.42. The van der Waals surface area contributed by atoms with Crippen LogP contribution in [-0.2, 0) is 16.0 Å². The fourth-order valence-corrected chi connectivity index (χ4v) is 2.02. The van der Waals surface area contributed by atoms with Gasteiger partial charge in [0, 0.05) is 13.1 Å². The molecule has 1 N–H and O–H groups in total. The van der Waals surface area contributed by atoms with E-state index in [1.807, 2.05) is 50.2 Å². The molecule has 0 fully saturated rings. The average Bonchev–Trinajstić information content (AvgIpc) is 2.52. The van der Waals surface area contributed by atoms with Crippen molar-refractivity contribution in [2.75, 3.05) is 19.6 Å². The summed E-state index contributed by atoms with van der Waals surface area (Å²) in [5.74, 6) is -1.32. The summed E-state index contributed by atoms with van der Waals surface area (Å²) in [4.78, 5) is 25.4. The smallest absolute Gasteiger partial charge is 0.241 e. The van der Waals surface area contributed by atoms with E-state index >= 15 is 0 Å². The Kier molecular flexibility index (Phi) is 6.96. The van der Waals surface area contributed by atoms with Gasteiger partial charge in [0.2, 0.25) is 11.8 Å². The summed E-state index contributed by atoms with van der Waals surface area (Å²) in [6, 6.07) is 11.4. The molecule has 0 radical (unpaired) electrons. The lowest BCUT2D eigenvalue weighted by atomic mass is 10.00. The highest BCUT2D eigenvalue weighted by molar-refractivity contribution is 5.87. The van der Waals surface area contributed by atoms with Crippen LogP contribution >= 0.6 is 0 Å². The van der Waals surface area contributed by atoms with Crippen LogP contribution in [0.2, 0.25) is 0 Å². The van der Waals surface area contributed by atoms with Gasteiger partial charge in [-0.25, -0.2) is 0 Å². The van der Waals surface area contributed by atoms with Gasteiger partial charge in [0.25, 0.3) is 0 Å². The first-order valence-electron chi connectivity index (χ1n) is 7.11. The number of hydrogen-bond acceptors (Lipinski definition) is 3. The molecule has 1 aromatic carbocycles. The SMILES string of the molecule is CCN(CC)C(=O)CNC(=O)C(C#N)Cc1ccccc1. The Morgan fingerprint density at radius 2 is 1.86 bits per heavy atom. The molecule has 0 saturated heterocycles. The molecule has 1 atom stereocenters. The van der Waals surface area contributed by atoms with Gasteiger partial charge in [-0.3, -0.25) is 9.59 Å². The molecule has 1 rings (SSSR count). The Morgan fingerprint density at radius 3 is 2.38 bits per heavy atom. The molecule has 5 heteroatoms. The molecule has 21 heavy (non-hydrogen) atoms. The number of nitrogens with zero attached hydrogens (tertiary/aromatic N) is 2. The summed E-state index contributed by atoms with van der Waals surface area (Å²) >= 11 is 0. The van der Waals surface area contributed by atoms with Crippen molar-refractivity contribution >= 4 is 11.8 Å². The van der Waals surface area contributed by atoms with E-state index in [0.29, 0.717) is 19.5 Å². The maximum Gasteiger partial charge on any atom is 0.241 e. The molecular weight excluding hydrogens is 266 g/mol. The molecule has 0 aliphatic carbocycles. The Labute approximate surface area is 125 Å². The van der Waals surface area contributed by atoms with Gasteiger partial charge in [0.15, 0.2) is 0 Å². The van der Waals surface area contributed by atoms with Crippen LogP contribution in [0, 0.1) is 17.2 Å². The van der Waals surface area contributed by atoms with Crippen LogP contribution in [-0.4, -0.2) is 36.3 Å². The molecule has 1 aromatic rings. The molecular formula is C16H21N3O2. The highest BCUT2D eigenvalue weighted by Gasteiger charge is 2.19. The number of carbonyl (C=O) groups excluding carboxylic acids is 2. The van der Waals surface area contributed by atoms with E-state index in [-0.39, 0.29) is 12.5 Å². The topological polar surface area (TPSA) is 73.2 Å².